The summed E-state index contributed by atoms with van der Waals surface area (Å²) in [4.78, 5) is 14.3. The highest BCUT2D eigenvalue weighted by atomic mass is 35.5. The highest BCUT2D eigenvalue weighted by molar-refractivity contribution is 6.42. The van der Waals surface area contributed by atoms with Gasteiger partial charge in [-0.2, -0.15) is 0 Å². The average molecular weight is 406 g/mol. The van der Waals surface area contributed by atoms with E-state index in [1.165, 1.54) is 6.26 Å². The second-order valence-electron chi connectivity index (χ2n) is 5.71. The number of likely N-dealkylation sites (tertiary alicyclic amines) is 1. The van der Waals surface area contributed by atoms with Gasteiger partial charge in [0.2, 0.25) is 0 Å². The Hall–Kier alpha value is -1.40. The minimum absolute atomic E-state index is 0. The van der Waals surface area contributed by atoms with Crippen LogP contribution in [0.5, 0.6) is 5.75 Å². The maximum absolute atomic E-state index is 12.6. The molecule has 0 radical (unpaired) electrons. The summed E-state index contributed by atoms with van der Waals surface area (Å²) < 4.78 is 11.2. The van der Waals surface area contributed by atoms with Gasteiger partial charge in [0.25, 0.3) is 5.91 Å². The number of hydrogen-bond acceptors (Lipinski definition) is 4. The zero-order chi connectivity index (χ0) is 17.1. The van der Waals surface area contributed by atoms with Gasteiger partial charge >= 0.3 is 0 Å². The maximum Gasteiger partial charge on any atom is 0.257 e. The Morgan fingerprint density at radius 3 is 2.80 bits per heavy atom. The molecule has 1 fully saturated rings. The number of amides is 1. The lowest BCUT2D eigenvalue weighted by Crippen LogP contribution is -2.44. The van der Waals surface area contributed by atoms with Crippen molar-refractivity contribution in [2.45, 2.75) is 25.5 Å². The van der Waals surface area contributed by atoms with Crippen molar-refractivity contribution < 1.29 is 13.9 Å². The summed E-state index contributed by atoms with van der Waals surface area (Å²) in [6.07, 6.45) is 3.12. The van der Waals surface area contributed by atoms with Crippen LogP contribution in [0.15, 0.2) is 34.9 Å². The number of nitrogens with zero attached hydrogens (tertiary/aromatic N) is 1. The highest BCUT2D eigenvalue weighted by Crippen LogP contribution is 2.28. The molecule has 1 unspecified atom stereocenters. The Balaban J connectivity index is 0.00000225. The first kappa shape index (κ1) is 19.9. The van der Waals surface area contributed by atoms with Gasteiger partial charge in [-0.1, -0.05) is 23.2 Å². The second kappa shape index (κ2) is 8.81. The van der Waals surface area contributed by atoms with E-state index in [4.69, 9.17) is 38.1 Å². The quantitative estimate of drug-likeness (QED) is 0.829. The van der Waals surface area contributed by atoms with Crippen LogP contribution in [0.4, 0.5) is 0 Å². The molecule has 2 N–H and O–H groups in total. The van der Waals surface area contributed by atoms with Crippen molar-refractivity contribution >= 4 is 41.5 Å². The summed E-state index contributed by atoms with van der Waals surface area (Å²) in [5.74, 6) is 1.18. The van der Waals surface area contributed by atoms with Crippen LogP contribution in [-0.4, -0.2) is 30.0 Å². The second-order valence-corrected chi connectivity index (χ2v) is 6.53. The molecule has 2 aromatic rings. The maximum atomic E-state index is 12.6. The van der Waals surface area contributed by atoms with Crippen LogP contribution >= 0.6 is 35.6 Å². The number of benzene rings is 1. The Morgan fingerprint density at radius 1 is 1.32 bits per heavy atom. The molecule has 8 heteroatoms. The van der Waals surface area contributed by atoms with Crippen molar-refractivity contribution in [3.63, 3.8) is 0 Å². The van der Waals surface area contributed by atoms with Crippen LogP contribution in [0.25, 0.3) is 0 Å². The van der Waals surface area contributed by atoms with E-state index >= 15 is 0 Å². The first-order chi connectivity index (χ1) is 11.6. The van der Waals surface area contributed by atoms with E-state index in [0.717, 1.165) is 12.8 Å². The zero-order valence-corrected chi connectivity index (χ0v) is 15.7. The Morgan fingerprint density at radius 2 is 2.12 bits per heavy atom. The minimum Gasteiger partial charge on any atom is -0.489 e. The lowest BCUT2D eigenvalue weighted by atomic mass is 10.1. The van der Waals surface area contributed by atoms with E-state index in [9.17, 15) is 4.79 Å². The highest BCUT2D eigenvalue weighted by Gasteiger charge is 2.26. The Kier molecular flexibility index (Phi) is 7.02. The molecule has 3 rings (SSSR count). The van der Waals surface area contributed by atoms with E-state index in [2.05, 4.69) is 0 Å². The standard InChI is InChI=1S/C17H18Cl2N2O3.ClH/c18-15-4-3-12(7-16(15)19)24-13-2-1-5-21(9-13)17(22)11-6-14(8-20)23-10-11;/h3-4,6-7,10,13H,1-2,5,8-9,20H2;1H. The van der Waals surface area contributed by atoms with Crippen LogP contribution in [0.2, 0.25) is 10.0 Å². The summed E-state index contributed by atoms with van der Waals surface area (Å²) in [7, 11) is 0. The molecular formula is C17H19Cl3N2O3. The molecule has 1 saturated heterocycles. The van der Waals surface area contributed by atoms with Gasteiger partial charge < -0.3 is 19.8 Å². The summed E-state index contributed by atoms with van der Waals surface area (Å²) >= 11 is 11.9. The minimum atomic E-state index is -0.0826. The fourth-order valence-corrected chi connectivity index (χ4v) is 3.03. The number of piperidine rings is 1. The van der Waals surface area contributed by atoms with Crippen LogP contribution in [0, 0.1) is 0 Å². The first-order valence-electron chi connectivity index (χ1n) is 7.75. The van der Waals surface area contributed by atoms with Crippen LogP contribution < -0.4 is 10.5 Å². The lowest BCUT2D eigenvalue weighted by Gasteiger charge is -2.32. The van der Waals surface area contributed by atoms with Gasteiger partial charge in [0.1, 0.15) is 23.9 Å². The molecule has 2 heterocycles. The summed E-state index contributed by atoms with van der Waals surface area (Å²) in [5, 5.41) is 0.936. The van der Waals surface area contributed by atoms with Crippen LogP contribution in [0.1, 0.15) is 29.0 Å². The number of nitrogens with two attached hydrogens (primary N) is 1. The number of hydrogen-bond donors (Lipinski definition) is 1. The van der Waals surface area contributed by atoms with Gasteiger partial charge in [-0.3, -0.25) is 4.79 Å². The van der Waals surface area contributed by atoms with Crippen LogP contribution in [-0.2, 0) is 6.54 Å². The van der Waals surface area contributed by atoms with Gasteiger partial charge in [0.15, 0.2) is 0 Å². The normalized spacial score (nSPS) is 17.1. The number of rotatable bonds is 4. The van der Waals surface area contributed by atoms with Crippen molar-refractivity contribution in [1.29, 1.82) is 0 Å². The summed E-state index contributed by atoms with van der Waals surface area (Å²) in [6, 6.07) is 6.85. The molecule has 0 spiro atoms. The average Bonchev–Trinajstić information content (AvgIpc) is 3.07. The van der Waals surface area contributed by atoms with Gasteiger partial charge in [0.05, 0.1) is 28.7 Å². The lowest BCUT2D eigenvalue weighted by molar-refractivity contribution is 0.0537. The van der Waals surface area contributed by atoms with Crippen molar-refractivity contribution in [3.05, 3.63) is 51.9 Å². The monoisotopic (exact) mass is 404 g/mol. The molecule has 1 aromatic heterocycles. The molecule has 0 bridgehead atoms. The smallest absolute Gasteiger partial charge is 0.257 e. The fourth-order valence-electron chi connectivity index (χ4n) is 2.74. The predicted octanol–water partition coefficient (Wildman–Crippen LogP) is 4.15. The van der Waals surface area contributed by atoms with E-state index in [0.29, 0.717) is 40.2 Å². The molecule has 1 amide bonds. The number of halogens is 3. The van der Waals surface area contributed by atoms with Gasteiger partial charge in [-0.05, 0) is 31.0 Å². The third kappa shape index (κ3) is 4.82. The van der Waals surface area contributed by atoms with E-state index in [1.54, 1.807) is 29.2 Å². The Bertz CT molecular complexity index is 736. The van der Waals surface area contributed by atoms with Crippen molar-refractivity contribution in [2.24, 2.45) is 5.73 Å². The summed E-state index contributed by atoms with van der Waals surface area (Å²) in [5.41, 5.74) is 6.03. The SMILES string of the molecule is Cl.NCc1cc(C(=O)N2CCCC(Oc3ccc(Cl)c(Cl)c3)C2)co1. The van der Waals surface area contributed by atoms with Gasteiger partial charge in [0, 0.05) is 12.6 Å². The van der Waals surface area contributed by atoms with E-state index in [1.807, 2.05) is 0 Å². The molecule has 1 aromatic carbocycles. The first-order valence-corrected chi connectivity index (χ1v) is 8.51. The molecule has 0 saturated carbocycles. The number of furan rings is 1. The predicted molar refractivity (Wildman–Crippen MR) is 99.9 cm³/mol. The van der Waals surface area contributed by atoms with Crippen LogP contribution in [0.3, 0.4) is 0 Å². The van der Waals surface area contributed by atoms with Crippen molar-refractivity contribution in [1.82, 2.24) is 4.90 Å². The van der Waals surface area contributed by atoms with Crippen molar-refractivity contribution in [3.8, 4) is 5.75 Å². The fraction of sp³-hybridized carbons (Fsp3) is 0.353. The van der Waals surface area contributed by atoms with E-state index < -0.39 is 0 Å². The molecule has 1 atom stereocenters. The van der Waals surface area contributed by atoms with Gasteiger partial charge in [-0.15, -0.1) is 12.4 Å². The van der Waals surface area contributed by atoms with E-state index in [-0.39, 0.29) is 31.0 Å². The molecule has 136 valence electrons. The topological polar surface area (TPSA) is 68.7 Å². The molecule has 1 aliphatic rings. The number of carbonyl (C=O) groups is 1. The van der Waals surface area contributed by atoms with Crippen molar-refractivity contribution in [2.75, 3.05) is 13.1 Å². The largest absolute Gasteiger partial charge is 0.489 e. The molecule has 25 heavy (non-hydrogen) atoms. The molecule has 0 aliphatic carbocycles. The Labute approximate surface area is 162 Å². The summed E-state index contributed by atoms with van der Waals surface area (Å²) in [6.45, 7) is 1.49. The van der Waals surface area contributed by atoms with Gasteiger partial charge in [-0.25, -0.2) is 0 Å². The number of ether oxygens (including phenoxy) is 1. The molecule has 1 aliphatic heterocycles. The third-order valence-electron chi connectivity index (χ3n) is 3.96. The third-order valence-corrected chi connectivity index (χ3v) is 4.70. The molecular weight excluding hydrogens is 387 g/mol. The zero-order valence-electron chi connectivity index (χ0n) is 13.4. The number of carbonyl (C=O) groups excluding carboxylic acids is 1. The molecule has 5 nitrogen and oxygen atoms in total.